The van der Waals surface area contributed by atoms with Crippen molar-refractivity contribution in [2.75, 3.05) is 24.7 Å². The molecular weight excluding hydrogens is 264 g/mol. The molecule has 0 amide bonds. The summed E-state index contributed by atoms with van der Waals surface area (Å²) in [4.78, 5) is 0. The molecule has 0 unspecified atom stereocenters. The molecule has 1 heterocycles. The molecule has 1 aromatic carbocycles. The van der Waals surface area contributed by atoms with Gasteiger partial charge in [0.05, 0.1) is 0 Å². The molecule has 1 aliphatic rings. The molecule has 4 nitrogen and oxygen atoms in total. The average Bonchev–Trinajstić information content (AvgIpc) is 2.40. The molecule has 5 heteroatoms. The molecule has 19 heavy (non-hydrogen) atoms. The van der Waals surface area contributed by atoms with E-state index in [4.69, 9.17) is 9.47 Å². The van der Waals surface area contributed by atoms with Gasteiger partial charge < -0.3 is 9.47 Å². The average molecular weight is 276 g/mol. The molecule has 0 radical (unpaired) electrons. The number of hydrogen-bond donors (Lipinski definition) is 0. The van der Waals surface area contributed by atoms with Crippen LogP contribution in [0.25, 0.3) is 0 Å². The van der Waals surface area contributed by atoms with E-state index in [0.29, 0.717) is 11.5 Å². The summed E-state index contributed by atoms with van der Waals surface area (Å²) in [5.41, 5.74) is 0. The fourth-order valence-electron chi connectivity index (χ4n) is 1.39. The second-order valence-electron chi connectivity index (χ2n) is 3.76. The van der Waals surface area contributed by atoms with E-state index in [1.807, 2.05) is 12.1 Å². The monoisotopic (exact) mass is 276 g/mol. The van der Waals surface area contributed by atoms with Crippen LogP contribution in [0, 0.1) is 23.7 Å². The summed E-state index contributed by atoms with van der Waals surface area (Å²) in [6, 6.07) is 7.18. The molecule has 1 aromatic rings. The van der Waals surface area contributed by atoms with E-state index in [-0.39, 0.29) is 24.7 Å². The van der Waals surface area contributed by atoms with Crippen LogP contribution in [0.15, 0.2) is 24.3 Å². The van der Waals surface area contributed by atoms with Crippen molar-refractivity contribution in [2.24, 2.45) is 0 Å². The van der Waals surface area contributed by atoms with Crippen molar-refractivity contribution in [3.8, 4) is 35.2 Å². The van der Waals surface area contributed by atoms with E-state index in [2.05, 4.69) is 23.7 Å². The second-order valence-corrected chi connectivity index (χ2v) is 5.83. The van der Waals surface area contributed by atoms with Crippen molar-refractivity contribution in [3.63, 3.8) is 0 Å². The Morgan fingerprint density at radius 2 is 1.32 bits per heavy atom. The molecule has 0 aromatic heterocycles. The third-order valence-electron chi connectivity index (χ3n) is 2.28. The van der Waals surface area contributed by atoms with Gasteiger partial charge in [0.25, 0.3) is 0 Å². The zero-order chi connectivity index (χ0) is 13.6. The molecule has 0 N–H and O–H groups in total. The molecule has 0 saturated carbocycles. The standard InChI is InChI=1S/C14H12O4S/c15-19(16)11-5-3-9-17-13-7-1-2-8-14(13)18-10-4-6-12-19/h1-2,7-8H,9-12H2. The first kappa shape index (κ1) is 13.3. The maximum absolute atomic E-state index is 11.5. The van der Waals surface area contributed by atoms with E-state index < -0.39 is 9.84 Å². The molecule has 0 atom stereocenters. The summed E-state index contributed by atoms with van der Waals surface area (Å²) in [5, 5.41) is 0. The van der Waals surface area contributed by atoms with Crippen molar-refractivity contribution >= 4 is 9.84 Å². The van der Waals surface area contributed by atoms with Crippen molar-refractivity contribution in [1.29, 1.82) is 0 Å². The van der Waals surface area contributed by atoms with Crippen LogP contribution in [0.2, 0.25) is 0 Å². The fraction of sp³-hybridized carbons (Fsp3) is 0.286. The Morgan fingerprint density at radius 3 is 1.79 bits per heavy atom. The zero-order valence-electron chi connectivity index (χ0n) is 10.2. The van der Waals surface area contributed by atoms with E-state index in [1.165, 1.54) is 0 Å². The van der Waals surface area contributed by atoms with Gasteiger partial charge in [-0.15, -0.1) is 0 Å². The first-order valence-electron chi connectivity index (χ1n) is 5.64. The molecule has 0 aliphatic carbocycles. The minimum Gasteiger partial charge on any atom is -0.477 e. The Labute approximate surface area is 112 Å². The first-order valence-corrected chi connectivity index (χ1v) is 7.46. The van der Waals surface area contributed by atoms with Crippen LogP contribution in [-0.2, 0) is 9.84 Å². The van der Waals surface area contributed by atoms with Crippen LogP contribution < -0.4 is 9.47 Å². The highest BCUT2D eigenvalue weighted by Gasteiger charge is 2.07. The van der Waals surface area contributed by atoms with Crippen molar-refractivity contribution < 1.29 is 17.9 Å². The Morgan fingerprint density at radius 1 is 0.842 bits per heavy atom. The van der Waals surface area contributed by atoms with Crippen LogP contribution >= 0.6 is 0 Å². The molecule has 0 saturated heterocycles. The maximum Gasteiger partial charge on any atom is 0.172 e. The van der Waals surface area contributed by atoms with E-state index in [9.17, 15) is 8.42 Å². The molecular formula is C14H12O4S. The summed E-state index contributed by atoms with van der Waals surface area (Å²) in [7, 11) is -3.25. The summed E-state index contributed by atoms with van der Waals surface area (Å²) in [6.45, 7) is 0.244. The van der Waals surface area contributed by atoms with Gasteiger partial charge in [0.2, 0.25) is 0 Å². The molecule has 1 aliphatic heterocycles. The lowest BCUT2D eigenvalue weighted by molar-refractivity contribution is 0.314. The predicted molar refractivity (Wildman–Crippen MR) is 71.6 cm³/mol. The van der Waals surface area contributed by atoms with Crippen molar-refractivity contribution in [3.05, 3.63) is 24.3 Å². The Hall–Kier alpha value is -2.11. The maximum atomic E-state index is 11.5. The van der Waals surface area contributed by atoms with E-state index in [1.54, 1.807) is 12.1 Å². The Balaban J connectivity index is 2.21. The zero-order valence-corrected chi connectivity index (χ0v) is 11.0. The lowest BCUT2D eigenvalue weighted by Crippen LogP contribution is -2.08. The van der Waals surface area contributed by atoms with Gasteiger partial charge in [-0.3, -0.25) is 0 Å². The van der Waals surface area contributed by atoms with Crippen molar-refractivity contribution in [1.82, 2.24) is 0 Å². The number of ether oxygens (including phenoxy) is 2. The van der Waals surface area contributed by atoms with Gasteiger partial charge in [-0.05, 0) is 12.1 Å². The Kier molecular flexibility index (Phi) is 4.33. The summed E-state index contributed by atoms with van der Waals surface area (Å²) in [6.07, 6.45) is 0. The van der Waals surface area contributed by atoms with Gasteiger partial charge in [0.15, 0.2) is 21.3 Å². The largest absolute Gasteiger partial charge is 0.477 e. The fourth-order valence-corrected chi connectivity index (χ4v) is 2.14. The van der Waals surface area contributed by atoms with Gasteiger partial charge in [-0.2, -0.15) is 0 Å². The van der Waals surface area contributed by atoms with E-state index in [0.717, 1.165) is 0 Å². The van der Waals surface area contributed by atoms with Gasteiger partial charge in [0, 0.05) is 0 Å². The van der Waals surface area contributed by atoms with Gasteiger partial charge in [-0.25, -0.2) is 8.42 Å². The summed E-state index contributed by atoms with van der Waals surface area (Å²) >= 11 is 0. The number of para-hydroxylation sites is 2. The number of fused-ring (bicyclic) bond motifs is 1. The van der Waals surface area contributed by atoms with Gasteiger partial charge in [0.1, 0.15) is 24.7 Å². The van der Waals surface area contributed by atoms with Crippen LogP contribution in [0.1, 0.15) is 0 Å². The van der Waals surface area contributed by atoms with Crippen LogP contribution in [0.3, 0.4) is 0 Å². The summed E-state index contributed by atoms with van der Waals surface area (Å²) < 4.78 is 33.9. The minimum absolute atomic E-state index is 0.122. The third kappa shape index (κ3) is 4.24. The van der Waals surface area contributed by atoms with E-state index >= 15 is 0 Å². The smallest absolute Gasteiger partial charge is 0.172 e. The topological polar surface area (TPSA) is 52.6 Å². The molecule has 0 spiro atoms. The first-order chi connectivity index (χ1) is 9.17. The summed E-state index contributed by atoms with van der Waals surface area (Å²) in [5.74, 6) is 11.2. The van der Waals surface area contributed by atoms with Gasteiger partial charge in [-0.1, -0.05) is 35.8 Å². The van der Waals surface area contributed by atoms with Crippen LogP contribution in [0.5, 0.6) is 11.5 Å². The molecule has 0 bridgehead atoms. The number of benzene rings is 1. The predicted octanol–water partition coefficient (Wildman–Crippen LogP) is 0.879. The highest BCUT2D eigenvalue weighted by Crippen LogP contribution is 2.26. The van der Waals surface area contributed by atoms with Gasteiger partial charge >= 0.3 is 0 Å². The third-order valence-corrected chi connectivity index (χ3v) is 3.45. The molecule has 98 valence electrons. The lowest BCUT2D eigenvalue weighted by Gasteiger charge is -2.08. The quantitative estimate of drug-likeness (QED) is 0.660. The number of rotatable bonds is 0. The minimum atomic E-state index is -3.25. The van der Waals surface area contributed by atoms with Crippen LogP contribution in [-0.4, -0.2) is 33.1 Å². The van der Waals surface area contributed by atoms with Crippen LogP contribution in [0.4, 0.5) is 0 Å². The SMILES string of the molecule is O=S1(=O)CC#CCOc2ccccc2OCC#CC1. The number of hydrogen-bond acceptors (Lipinski definition) is 4. The number of sulfone groups is 1. The second kappa shape index (κ2) is 6.17. The molecule has 0 fully saturated rings. The highest BCUT2D eigenvalue weighted by molar-refractivity contribution is 7.91. The highest BCUT2D eigenvalue weighted by atomic mass is 32.2. The lowest BCUT2D eigenvalue weighted by atomic mass is 10.3. The van der Waals surface area contributed by atoms with Crippen molar-refractivity contribution in [2.45, 2.75) is 0 Å². The normalized spacial score (nSPS) is 17.3. The Bertz CT molecular complexity index is 616. The molecule has 2 rings (SSSR count).